The van der Waals surface area contributed by atoms with Gasteiger partial charge in [-0.25, -0.2) is 14.4 Å². The van der Waals surface area contributed by atoms with E-state index in [1.54, 1.807) is 0 Å². The number of nitrogens with two attached hydrogens (primary N) is 1. The number of amides is 6. The zero-order valence-electron chi connectivity index (χ0n) is 60.9. The van der Waals surface area contributed by atoms with E-state index >= 15 is 0 Å². The molecule has 8 N–H and O–H groups in total. The Labute approximate surface area is 611 Å². The van der Waals surface area contributed by atoms with Gasteiger partial charge in [-0.05, 0) is 191 Å². The van der Waals surface area contributed by atoms with E-state index in [1.165, 1.54) is 36.4 Å². The first-order valence-electron chi connectivity index (χ1n) is 34.1. The molecule has 0 atom stereocenters. The zero-order valence-corrected chi connectivity index (χ0v) is 63.2. The van der Waals surface area contributed by atoms with Crippen LogP contribution in [-0.4, -0.2) is 246 Å². The number of carbonyl (C=O) groups excluding carboxylic acids is 9. The van der Waals surface area contributed by atoms with Gasteiger partial charge in [-0.15, -0.1) is 0 Å². The first-order valence-corrected chi connectivity index (χ1v) is 35.2. The van der Waals surface area contributed by atoms with Crippen molar-refractivity contribution in [2.75, 3.05) is 178 Å². The Morgan fingerprint density at radius 1 is 0.297 bits per heavy atom. The lowest BCUT2D eigenvalue weighted by Crippen LogP contribution is -2.33. The van der Waals surface area contributed by atoms with Crippen LogP contribution in [0.1, 0.15) is 183 Å². The molecule has 578 valence electrons. The quantitative estimate of drug-likeness (QED) is 0.0185. The molecule has 6 amide bonds. The van der Waals surface area contributed by atoms with Crippen molar-refractivity contribution >= 4 is 86.5 Å². The smallest absolute Gasteiger partial charge is 0.407 e. The van der Waals surface area contributed by atoms with E-state index in [1.807, 2.05) is 69.2 Å². The van der Waals surface area contributed by atoms with Crippen LogP contribution in [0.25, 0.3) is 0 Å². The topological polar surface area (TPSA) is 372 Å². The Bertz CT molecular complexity index is 2480. The Hall–Kier alpha value is -5.90. The van der Waals surface area contributed by atoms with Crippen molar-refractivity contribution in [2.24, 2.45) is 5.73 Å². The maximum Gasteiger partial charge on any atom is 0.407 e. The second-order valence-corrected chi connectivity index (χ2v) is 25.9. The number of nitrogens with one attached hydrogen (secondary N) is 6. The van der Waals surface area contributed by atoms with Crippen molar-refractivity contribution < 1.29 is 105 Å². The van der Waals surface area contributed by atoms with Crippen molar-refractivity contribution in [3.05, 3.63) is 69.8 Å². The van der Waals surface area contributed by atoms with Gasteiger partial charge in [0.2, 0.25) is 0 Å². The summed E-state index contributed by atoms with van der Waals surface area (Å²) in [7, 11) is 0. The molecule has 0 saturated heterocycles. The molecule has 101 heavy (non-hydrogen) atoms. The van der Waals surface area contributed by atoms with Crippen LogP contribution in [0.15, 0.2) is 36.4 Å². The van der Waals surface area contributed by atoms with Crippen molar-refractivity contribution in [3.63, 3.8) is 0 Å². The van der Waals surface area contributed by atoms with Crippen LogP contribution in [-0.2, 0) is 61.6 Å². The number of hydrogen-bond acceptors (Lipinski definition) is 23. The van der Waals surface area contributed by atoms with Gasteiger partial charge in [-0.3, -0.25) is 28.8 Å². The van der Waals surface area contributed by atoms with Gasteiger partial charge in [-0.1, -0.05) is 6.92 Å². The van der Waals surface area contributed by atoms with E-state index in [9.17, 15) is 43.2 Å². The normalized spacial score (nSPS) is 11.2. The summed E-state index contributed by atoms with van der Waals surface area (Å²) in [5, 5.41) is 14.2. The number of hydrogen-bond donors (Lipinski definition) is 7. The second-order valence-electron chi connectivity index (χ2n) is 24.9. The minimum Gasteiger partial charge on any atom is -0.444 e. The van der Waals surface area contributed by atoms with E-state index in [2.05, 4.69) is 31.9 Å². The fraction of sp³-hybridized carbons (Fsp3) is 0.696. The Morgan fingerprint density at radius 2 is 0.485 bits per heavy atom. The van der Waals surface area contributed by atoms with E-state index in [4.69, 9.17) is 102 Å². The number of rotatable bonds is 53. The Balaban J connectivity index is 0.00000217. The fourth-order valence-corrected chi connectivity index (χ4v) is 7.84. The van der Waals surface area contributed by atoms with Gasteiger partial charge in [0.15, 0.2) is 0 Å². The molecule has 0 spiro atoms. The van der Waals surface area contributed by atoms with Gasteiger partial charge in [0.05, 0.1) is 79.3 Å². The van der Waals surface area contributed by atoms with Crippen LogP contribution in [0, 0.1) is 0 Å². The van der Waals surface area contributed by atoms with E-state index in [0.717, 1.165) is 19.3 Å². The maximum absolute atomic E-state index is 13.2. The highest BCUT2D eigenvalue weighted by Gasteiger charge is 2.20. The van der Waals surface area contributed by atoms with E-state index in [-0.39, 0.29) is 33.4 Å². The molecule has 0 aliphatic carbocycles. The molecule has 0 saturated carbocycles. The van der Waals surface area contributed by atoms with Crippen LogP contribution in [0.5, 0.6) is 0 Å². The van der Waals surface area contributed by atoms with Gasteiger partial charge >= 0.3 is 18.3 Å². The highest BCUT2D eigenvalue weighted by Crippen LogP contribution is 2.17. The second kappa shape index (κ2) is 59.5. The van der Waals surface area contributed by atoms with Crippen LogP contribution in [0.3, 0.4) is 0 Å². The molecule has 29 nitrogen and oxygen atoms in total. The lowest BCUT2D eigenvalue weighted by Gasteiger charge is -2.19. The van der Waals surface area contributed by atoms with Gasteiger partial charge < -0.3 is 99.2 Å². The van der Waals surface area contributed by atoms with Gasteiger partial charge in [0.1, 0.15) is 16.8 Å². The molecule has 0 aliphatic rings. The van der Waals surface area contributed by atoms with Crippen LogP contribution < -0.4 is 37.6 Å². The minimum atomic E-state index is -0.797. The highest BCUT2D eigenvalue weighted by molar-refractivity contribution is 6.70. The summed E-state index contributed by atoms with van der Waals surface area (Å²) in [6, 6.07) is 7.98. The molecule has 0 aromatic heterocycles. The number of alkyl carbamates (subject to hydrolysis) is 3. The summed E-state index contributed by atoms with van der Waals surface area (Å²) in [6.07, 6.45) is 4.25. The van der Waals surface area contributed by atoms with Crippen molar-refractivity contribution in [1.29, 1.82) is 0 Å². The lowest BCUT2D eigenvalue weighted by atomic mass is 10.0. The molecule has 0 fully saturated rings. The summed E-state index contributed by atoms with van der Waals surface area (Å²) >= 11 is 15.6. The third-order valence-corrected chi connectivity index (χ3v) is 12.7. The number of ether oxygens (including phenoxy) is 13. The van der Waals surface area contributed by atoms with E-state index in [0.29, 0.717) is 210 Å². The zero-order chi connectivity index (χ0) is 75.6. The summed E-state index contributed by atoms with van der Waals surface area (Å²) in [5.74, 6) is -1.24. The third kappa shape index (κ3) is 59.2. The molecule has 2 aromatic rings. The molecule has 2 rings (SSSR count). The number of benzene rings is 2. The average molecular weight is 1500 g/mol. The largest absolute Gasteiger partial charge is 0.444 e. The lowest BCUT2D eigenvalue weighted by molar-refractivity contribution is 0.0135. The summed E-state index contributed by atoms with van der Waals surface area (Å²) < 4.78 is 70.3. The first-order chi connectivity index (χ1) is 48.0. The SMILES string of the molecule is CC(C)(C)OC(=O)NCCCOCCOCCOCCCN.CCCOCCCNC(=O)c1cc(C(=O)NCCCOCCOCCOCCCNC(=O)OC(C)(C)C)cc(C(=O)NCCCOCCOCCOCCCNC(=O)OC(C)(C)C)c1.O=C(Cl)c1cc(C(=O)Cl)cc(C(=O)Cl)c1. The molecular formula is C69H114Cl3N7O22. The molecular weight excluding hydrogens is 1390 g/mol. The van der Waals surface area contributed by atoms with Crippen LogP contribution in [0.2, 0.25) is 0 Å². The molecule has 0 heterocycles. The van der Waals surface area contributed by atoms with Crippen LogP contribution in [0.4, 0.5) is 14.4 Å². The average Bonchev–Trinajstić information content (AvgIpc) is 0.841. The highest BCUT2D eigenvalue weighted by atomic mass is 35.5. The number of halogens is 3. The maximum atomic E-state index is 13.2. The standard InChI is InChI=1S/C45H79N5O14.C15H32N2O5.C9H3Cl3O3/c1-8-19-56-20-9-14-46-39(51)36-33-37(40(52)47-15-10-21-57-25-29-61-31-27-59-23-12-17-49-42(54)63-44(2,3)4)35-38(34-36)41(53)48-16-11-22-58-26-30-62-32-28-60-24-13-18-50-43(55)64-45(5,6)7;1-15(2,3)22-14(18)17-7-5-9-20-11-13-21-12-10-19-8-4-6-16;10-7(13)4-1-5(8(11)14)3-6(2-4)9(12)15/h33-35H,8-32H2,1-7H3,(H,46,51)(H,47,52)(H,48,53)(H,49,54)(H,50,55);4-13,16H2,1-3H3,(H,17,18);1-3H. The monoisotopic (exact) mass is 1500 g/mol. The van der Waals surface area contributed by atoms with Crippen LogP contribution >= 0.6 is 34.8 Å². The Morgan fingerprint density at radius 3 is 0.683 bits per heavy atom. The van der Waals surface area contributed by atoms with Crippen molar-refractivity contribution in [3.8, 4) is 0 Å². The molecule has 0 bridgehead atoms. The van der Waals surface area contributed by atoms with Gasteiger partial charge in [-0.2, -0.15) is 0 Å². The van der Waals surface area contributed by atoms with Gasteiger partial charge in [0.25, 0.3) is 33.4 Å². The minimum absolute atomic E-state index is 0.00725. The third-order valence-electron chi connectivity index (χ3n) is 12.1. The molecule has 0 aliphatic heterocycles. The molecule has 32 heteroatoms. The molecule has 2 aromatic carbocycles. The van der Waals surface area contributed by atoms with E-state index < -0.39 is 68.5 Å². The fourth-order valence-electron chi connectivity index (χ4n) is 7.52. The number of carbonyl (C=O) groups is 9. The molecule has 0 unspecified atom stereocenters. The van der Waals surface area contributed by atoms with Gasteiger partial charge in [0, 0.05) is 126 Å². The Kier molecular flexibility index (Phi) is 56.0. The first kappa shape index (κ1) is 95.1. The summed E-state index contributed by atoms with van der Waals surface area (Å²) in [6.45, 7) is 31.1. The van der Waals surface area contributed by atoms with Crippen molar-refractivity contribution in [1.82, 2.24) is 31.9 Å². The summed E-state index contributed by atoms with van der Waals surface area (Å²) in [4.78, 5) is 107. The summed E-state index contributed by atoms with van der Waals surface area (Å²) in [5.41, 5.74) is 4.35. The predicted molar refractivity (Wildman–Crippen MR) is 383 cm³/mol. The van der Waals surface area contributed by atoms with Crippen molar-refractivity contribution in [2.45, 2.75) is 137 Å². The molecule has 0 radical (unpaired) electrons. The predicted octanol–water partition coefficient (Wildman–Crippen LogP) is 8.53.